The largest absolute Gasteiger partial charge is 0.479 e. The van der Waals surface area contributed by atoms with E-state index >= 15 is 0 Å². The predicted molar refractivity (Wildman–Crippen MR) is 66.6 cm³/mol. The molecule has 0 fully saturated rings. The molecule has 1 heterocycles. The number of carbonyl (C=O) groups is 2. The molecule has 0 bridgehead atoms. The Morgan fingerprint density at radius 3 is 3.11 bits per heavy atom. The molecule has 0 radical (unpaired) electrons. The van der Waals surface area contributed by atoms with Gasteiger partial charge in [-0.3, -0.25) is 9.63 Å². The molecule has 0 saturated carbocycles. The molecule has 0 aromatic carbocycles. The van der Waals surface area contributed by atoms with Crippen molar-refractivity contribution >= 4 is 23.2 Å². The van der Waals surface area contributed by atoms with E-state index in [1.165, 1.54) is 21.8 Å². The number of hydrogen-bond donors (Lipinski definition) is 2. The van der Waals surface area contributed by atoms with Crippen LogP contribution in [-0.4, -0.2) is 23.6 Å². The third-order valence-electron chi connectivity index (χ3n) is 2.91. The molecule has 1 aromatic heterocycles. The maximum atomic E-state index is 11.7. The van der Waals surface area contributed by atoms with Gasteiger partial charge in [-0.2, -0.15) is 0 Å². The number of rotatable bonds is 4. The predicted octanol–water partition coefficient (Wildman–Crippen LogP) is 1.62. The summed E-state index contributed by atoms with van der Waals surface area (Å²) in [6, 6.07) is 1.88. The lowest BCUT2D eigenvalue weighted by Gasteiger charge is -2.16. The Morgan fingerprint density at radius 1 is 1.61 bits per heavy atom. The molecule has 5 nitrogen and oxygen atoms in total. The van der Waals surface area contributed by atoms with Crippen molar-refractivity contribution in [3.8, 4) is 0 Å². The molecule has 0 spiro atoms. The van der Waals surface area contributed by atoms with Crippen molar-refractivity contribution in [1.29, 1.82) is 0 Å². The third kappa shape index (κ3) is 3.08. The molecule has 1 aromatic rings. The van der Waals surface area contributed by atoms with Gasteiger partial charge in [0.2, 0.25) is 0 Å². The van der Waals surface area contributed by atoms with Crippen LogP contribution < -0.4 is 5.48 Å². The summed E-state index contributed by atoms with van der Waals surface area (Å²) in [5, 5.41) is 8.39. The van der Waals surface area contributed by atoms with E-state index in [1.54, 1.807) is 0 Å². The Morgan fingerprint density at radius 2 is 2.39 bits per heavy atom. The first-order chi connectivity index (χ1) is 8.56. The van der Waals surface area contributed by atoms with Crippen molar-refractivity contribution in [3.05, 3.63) is 21.4 Å². The summed E-state index contributed by atoms with van der Waals surface area (Å²) < 4.78 is 0. The van der Waals surface area contributed by atoms with Crippen molar-refractivity contribution in [2.24, 2.45) is 5.92 Å². The van der Waals surface area contributed by atoms with Crippen LogP contribution in [0.25, 0.3) is 0 Å². The summed E-state index contributed by atoms with van der Waals surface area (Å²) in [5.74, 6) is -0.829. The molecule has 98 valence electrons. The molecule has 1 amide bonds. The van der Waals surface area contributed by atoms with E-state index in [1.807, 2.05) is 6.07 Å². The second-order valence-electron chi connectivity index (χ2n) is 4.52. The molecule has 1 atom stereocenters. The van der Waals surface area contributed by atoms with Gasteiger partial charge in [-0.15, -0.1) is 11.3 Å². The van der Waals surface area contributed by atoms with Gasteiger partial charge in [-0.05, 0) is 36.8 Å². The van der Waals surface area contributed by atoms with Gasteiger partial charge >= 0.3 is 5.97 Å². The summed E-state index contributed by atoms with van der Waals surface area (Å²) in [4.78, 5) is 28.4. The number of carbonyl (C=O) groups excluding carboxylic acids is 1. The fourth-order valence-electron chi connectivity index (χ4n) is 2.03. The normalized spacial score (nSPS) is 18.2. The Labute approximate surface area is 109 Å². The van der Waals surface area contributed by atoms with Crippen LogP contribution in [0.5, 0.6) is 0 Å². The second kappa shape index (κ2) is 5.49. The molecule has 2 rings (SSSR count). The number of amides is 1. The molecule has 1 aliphatic carbocycles. The fraction of sp³-hybridized carbons (Fsp3) is 0.500. The van der Waals surface area contributed by atoms with Crippen molar-refractivity contribution < 1.29 is 19.5 Å². The number of fused-ring (bicyclic) bond motifs is 1. The number of aliphatic carboxylic acids is 1. The van der Waals surface area contributed by atoms with Crippen LogP contribution in [0, 0.1) is 5.92 Å². The van der Waals surface area contributed by atoms with Crippen molar-refractivity contribution in [2.75, 3.05) is 6.61 Å². The summed E-state index contributed by atoms with van der Waals surface area (Å²) in [5.41, 5.74) is 3.38. The Kier molecular flexibility index (Phi) is 3.98. The highest BCUT2D eigenvalue weighted by Gasteiger charge is 2.20. The minimum Gasteiger partial charge on any atom is -0.479 e. The maximum absolute atomic E-state index is 11.7. The quantitative estimate of drug-likeness (QED) is 0.814. The van der Waals surface area contributed by atoms with Crippen LogP contribution in [0.2, 0.25) is 0 Å². The highest BCUT2D eigenvalue weighted by Crippen LogP contribution is 2.32. The van der Waals surface area contributed by atoms with Gasteiger partial charge in [0.1, 0.15) is 0 Å². The van der Waals surface area contributed by atoms with E-state index in [0.717, 1.165) is 19.3 Å². The SMILES string of the molecule is CC1CCc2sc(C(=O)NOCC(=O)O)cc2C1. The number of hydroxylamine groups is 1. The zero-order valence-corrected chi connectivity index (χ0v) is 10.9. The summed E-state index contributed by atoms with van der Waals surface area (Å²) >= 11 is 1.46. The first kappa shape index (κ1) is 13.0. The molecular formula is C12H15NO4S. The van der Waals surface area contributed by atoms with Crippen LogP contribution in [0.3, 0.4) is 0 Å². The summed E-state index contributed by atoms with van der Waals surface area (Å²) in [7, 11) is 0. The van der Waals surface area contributed by atoms with Crippen molar-refractivity contribution in [2.45, 2.75) is 26.2 Å². The molecule has 2 N–H and O–H groups in total. The van der Waals surface area contributed by atoms with Crippen molar-refractivity contribution in [1.82, 2.24) is 5.48 Å². The fourth-order valence-corrected chi connectivity index (χ4v) is 3.13. The minimum atomic E-state index is -1.12. The van der Waals surface area contributed by atoms with Gasteiger partial charge in [-0.25, -0.2) is 10.3 Å². The van der Waals surface area contributed by atoms with Gasteiger partial charge in [-0.1, -0.05) is 6.92 Å². The van der Waals surface area contributed by atoms with E-state index in [-0.39, 0.29) is 5.91 Å². The second-order valence-corrected chi connectivity index (χ2v) is 5.66. The lowest BCUT2D eigenvalue weighted by Crippen LogP contribution is -2.25. The third-order valence-corrected chi connectivity index (χ3v) is 4.15. The van der Waals surface area contributed by atoms with Crippen molar-refractivity contribution in [3.63, 3.8) is 0 Å². The van der Waals surface area contributed by atoms with E-state index in [0.29, 0.717) is 10.8 Å². The lowest BCUT2D eigenvalue weighted by atomic mass is 9.90. The van der Waals surface area contributed by atoms with Crippen LogP contribution in [0.15, 0.2) is 6.07 Å². The smallest absolute Gasteiger partial charge is 0.332 e. The zero-order valence-electron chi connectivity index (χ0n) is 10.1. The number of carboxylic acid groups (broad SMARTS) is 1. The van der Waals surface area contributed by atoms with Crippen LogP contribution in [0.4, 0.5) is 0 Å². The topological polar surface area (TPSA) is 75.6 Å². The molecule has 1 aliphatic rings. The standard InChI is InChI=1S/C12H15NO4S/c1-7-2-3-9-8(4-7)5-10(18-9)12(16)13-17-6-11(14)15/h5,7H,2-4,6H2,1H3,(H,13,16)(H,14,15). The Balaban J connectivity index is 1.97. The van der Waals surface area contributed by atoms with Crippen LogP contribution in [-0.2, 0) is 22.5 Å². The number of carboxylic acids is 1. The summed E-state index contributed by atoms with van der Waals surface area (Å²) in [6.07, 6.45) is 3.18. The van der Waals surface area contributed by atoms with E-state index in [9.17, 15) is 9.59 Å². The molecule has 6 heteroatoms. The zero-order chi connectivity index (χ0) is 13.1. The number of thiophene rings is 1. The van der Waals surface area contributed by atoms with E-state index in [2.05, 4.69) is 17.2 Å². The van der Waals surface area contributed by atoms with Gasteiger partial charge in [0.05, 0.1) is 4.88 Å². The van der Waals surface area contributed by atoms with Crippen LogP contribution >= 0.6 is 11.3 Å². The van der Waals surface area contributed by atoms with Gasteiger partial charge < -0.3 is 5.11 Å². The highest BCUT2D eigenvalue weighted by atomic mass is 32.1. The Hall–Kier alpha value is -1.40. The maximum Gasteiger partial charge on any atom is 0.332 e. The average Bonchev–Trinajstić information content (AvgIpc) is 2.71. The minimum absolute atomic E-state index is 0.372. The first-order valence-electron chi connectivity index (χ1n) is 5.81. The van der Waals surface area contributed by atoms with Gasteiger partial charge in [0.15, 0.2) is 6.61 Å². The first-order valence-corrected chi connectivity index (χ1v) is 6.63. The van der Waals surface area contributed by atoms with E-state index in [4.69, 9.17) is 5.11 Å². The average molecular weight is 269 g/mol. The Bertz CT molecular complexity index is 469. The molecule has 0 aliphatic heterocycles. The number of hydrogen-bond acceptors (Lipinski definition) is 4. The van der Waals surface area contributed by atoms with Crippen LogP contribution in [0.1, 0.15) is 33.5 Å². The monoisotopic (exact) mass is 269 g/mol. The number of nitrogens with one attached hydrogen (secondary N) is 1. The van der Waals surface area contributed by atoms with E-state index < -0.39 is 12.6 Å². The highest BCUT2D eigenvalue weighted by molar-refractivity contribution is 7.14. The summed E-state index contributed by atoms with van der Waals surface area (Å²) in [6.45, 7) is 1.67. The molecule has 1 unspecified atom stereocenters. The van der Waals surface area contributed by atoms with Gasteiger partial charge in [0.25, 0.3) is 5.91 Å². The number of aryl methyl sites for hydroxylation is 1. The molecular weight excluding hydrogens is 254 g/mol. The molecule has 0 saturated heterocycles. The van der Waals surface area contributed by atoms with Gasteiger partial charge in [0, 0.05) is 4.88 Å². The molecule has 18 heavy (non-hydrogen) atoms. The lowest BCUT2D eigenvalue weighted by molar-refractivity contribution is -0.144.